The minimum absolute atomic E-state index is 0.0329. The van der Waals surface area contributed by atoms with E-state index in [9.17, 15) is 19.5 Å². The number of imidazole rings is 2. The van der Waals surface area contributed by atoms with Gasteiger partial charge in [0, 0.05) is 56.0 Å². The van der Waals surface area contributed by atoms with Crippen molar-refractivity contribution in [2.45, 2.75) is 81.8 Å². The number of nitrogens with zero attached hydrogens (tertiary/aromatic N) is 5. The fraction of sp³-hybridized carbons (Fsp3) is 0.489. The van der Waals surface area contributed by atoms with Crippen LogP contribution in [0.1, 0.15) is 75.1 Å². The number of likely N-dealkylation sites (tertiary alicyclic amines) is 2. The summed E-state index contributed by atoms with van der Waals surface area (Å²) in [5.74, 6) is 1.41. The van der Waals surface area contributed by atoms with Gasteiger partial charge in [0.15, 0.2) is 0 Å². The smallest absolute Gasteiger partial charge is 0.407 e. The van der Waals surface area contributed by atoms with E-state index in [1.807, 2.05) is 40.4 Å². The maximum absolute atomic E-state index is 14.0. The van der Waals surface area contributed by atoms with E-state index in [2.05, 4.69) is 57.0 Å². The molecule has 3 aromatic heterocycles. The molecule has 64 heavy (non-hydrogen) atoms. The van der Waals surface area contributed by atoms with Crippen molar-refractivity contribution in [3.63, 3.8) is 0 Å². The summed E-state index contributed by atoms with van der Waals surface area (Å²) >= 11 is 0. The summed E-state index contributed by atoms with van der Waals surface area (Å²) in [4.78, 5) is 64.0. The van der Waals surface area contributed by atoms with Crippen LogP contribution in [0.25, 0.3) is 44.7 Å². The number of aromatic nitrogens is 5. The maximum atomic E-state index is 14.0. The molecular formula is C47H57N9O8. The first kappa shape index (κ1) is 43.4. The zero-order chi connectivity index (χ0) is 44.2. The SMILES string of the molecule is COC(=O)N[C@@H](C1CCOCC1)C(O)N1CCC[C@H]1c1ncc(-c2ccc(-c3ccc4cc(-c5cnc([C@@H]6CCCN6C(=O)[C@@H](NC(=O)OC)C6CCOCC6)[nH]5)ccc4n3)cc2)[nH]1. The molecule has 3 amide bonds. The number of ether oxygens (including phenoxy) is 4. The van der Waals surface area contributed by atoms with E-state index in [1.165, 1.54) is 14.2 Å². The van der Waals surface area contributed by atoms with Gasteiger partial charge in [-0.1, -0.05) is 36.4 Å². The van der Waals surface area contributed by atoms with E-state index in [4.69, 9.17) is 33.9 Å². The summed E-state index contributed by atoms with van der Waals surface area (Å²) in [7, 11) is 2.64. The normalized spacial score (nSPS) is 21.4. The fourth-order valence-electron chi connectivity index (χ4n) is 10.0. The van der Waals surface area contributed by atoms with Crippen LogP contribution in [0, 0.1) is 11.8 Å². The van der Waals surface area contributed by atoms with Gasteiger partial charge in [0.05, 0.1) is 67.3 Å². The second kappa shape index (κ2) is 19.5. The Balaban J connectivity index is 0.861. The monoisotopic (exact) mass is 875 g/mol. The standard InChI is InChI=1S/C47H57N9O8/c1-61-46(59)53-40(30-15-21-63-22-16-30)44(57)55-19-3-5-38(55)42-48-26-36(51-42)29-9-7-28(8-10-29)34-13-11-32-25-33(12-14-35(32)50-34)37-27-49-43(52-37)39-6-4-20-56(39)45(58)41(54-47(60)62-2)31-17-23-64-24-18-31/h7-14,25-27,30-31,38-41,44,57H,3-6,15-24H2,1-2H3,(H,48,51)(H,49,52)(H,53,59)(H,54,60)/t38-,39-,40-,41-,44?/m0/s1. The summed E-state index contributed by atoms with van der Waals surface area (Å²) in [5, 5.41) is 18.4. The highest BCUT2D eigenvalue weighted by Crippen LogP contribution is 2.37. The molecule has 0 radical (unpaired) electrons. The topological polar surface area (TPSA) is 209 Å². The second-order valence-electron chi connectivity index (χ2n) is 17.2. The molecule has 17 heteroatoms. The first-order valence-corrected chi connectivity index (χ1v) is 22.5. The van der Waals surface area contributed by atoms with Crippen molar-refractivity contribution in [1.82, 2.24) is 45.4 Å². The van der Waals surface area contributed by atoms with Crippen LogP contribution in [-0.2, 0) is 23.7 Å². The van der Waals surface area contributed by atoms with Gasteiger partial charge in [-0.3, -0.25) is 9.69 Å². The van der Waals surface area contributed by atoms with Crippen LogP contribution in [0.15, 0.2) is 67.0 Å². The van der Waals surface area contributed by atoms with Gasteiger partial charge in [-0.15, -0.1) is 0 Å². The van der Waals surface area contributed by atoms with Gasteiger partial charge in [-0.05, 0) is 87.0 Å². The summed E-state index contributed by atoms with van der Waals surface area (Å²) < 4.78 is 20.9. The van der Waals surface area contributed by atoms with Crippen LogP contribution < -0.4 is 10.6 Å². The van der Waals surface area contributed by atoms with E-state index in [1.54, 1.807) is 0 Å². The molecule has 17 nitrogen and oxygen atoms in total. The number of H-pyrrole nitrogens is 2. The molecule has 0 bridgehead atoms. The lowest BCUT2D eigenvalue weighted by Crippen LogP contribution is -2.56. The number of pyridine rings is 1. The number of nitrogens with one attached hydrogen (secondary N) is 4. The Morgan fingerprint density at radius 1 is 0.719 bits per heavy atom. The lowest BCUT2D eigenvalue weighted by atomic mass is 9.90. The molecular weight excluding hydrogens is 819 g/mol. The van der Waals surface area contributed by atoms with E-state index < -0.39 is 30.5 Å². The van der Waals surface area contributed by atoms with Crippen LogP contribution in [-0.4, -0.2) is 130 Å². The third-order valence-corrected chi connectivity index (χ3v) is 13.5. The highest BCUT2D eigenvalue weighted by atomic mass is 16.5. The number of methoxy groups -OCH3 is 2. The Kier molecular flexibility index (Phi) is 13.2. The molecule has 338 valence electrons. The molecule has 5 atom stereocenters. The zero-order valence-corrected chi connectivity index (χ0v) is 36.3. The quantitative estimate of drug-likeness (QED) is 0.0963. The summed E-state index contributed by atoms with van der Waals surface area (Å²) in [5.41, 5.74) is 6.34. The number of carbonyl (C=O) groups is 3. The zero-order valence-electron chi connectivity index (χ0n) is 36.3. The van der Waals surface area contributed by atoms with Gasteiger partial charge >= 0.3 is 12.2 Å². The number of alkyl carbamates (subject to hydrolysis) is 2. The van der Waals surface area contributed by atoms with Gasteiger partial charge in [0.25, 0.3) is 0 Å². The molecule has 1 unspecified atom stereocenters. The van der Waals surface area contributed by atoms with Crippen LogP contribution in [0.3, 0.4) is 0 Å². The van der Waals surface area contributed by atoms with Crippen molar-refractivity contribution in [1.29, 1.82) is 0 Å². The first-order chi connectivity index (χ1) is 31.3. The van der Waals surface area contributed by atoms with Crippen molar-refractivity contribution in [3.8, 4) is 33.8 Å². The molecule has 5 aromatic rings. The van der Waals surface area contributed by atoms with E-state index in [0.717, 1.165) is 94.8 Å². The van der Waals surface area contributed by atoms with Crippen molar-refractivity contribution >= 4 is 29.0 Å². The highest BCUT2D eigenvalue weighted by molar-refractivity contribution is 5.87. The van der Waals surface area contributed by atoms with Gasteiger partial charge in [-0.2, -0.15) is 0 Å². The van der Waals surface area contributed by atoms with Crippen LogP contribution in [0.4, 0.5) is 9.59 Å². The Bertz CT molecular complexity index is 2410. The van der Waals surface area contributed by atoms with Crippen LogP contribution >= 0.6 is 0 Å². The first-order valence-electron chi connectivity index (χ1n) is 22.5. The van der Waals surface area contributed by atoms with Gasteiger partial charge in [0.1, 0.15) is 23.9 Å². The highest BCUT2D eigenvalue weighted by Gasteiger charge is 2.42. The maximum Gasteiger partial charge on any atom is 0.407 e. The number of fused-ring (bicyclic) bond motifs is 1. The number of aromatic amines is 2. The number of benzene rings is 2. The third-order valence-electron chi connectivity index (χ3n) is 13.5. The average Bonchev–Trinajstić information content (AvgIpc) is 4.20. The molecule has 7 heterocycles. The molecule has 5 N–H and O–H groups in total. The van der Waals surface area contributed by atoms with Crippen molar-refractivity contribution in [3.05, 3.63) is 78.6 Å². The van der Waals surface area contributed by atoms with Crippen LogP contribution in [0.2, 0.25) is 0 Å². The molecule has 0 spiro atoms. The van der Waals surface area contributed by atoms with Gasteiger partial charge in [-0.25, -0.2) is 24.5 Å². The minimum atomic E-state index is -0.908. The Labute approximate surface area is 371 Å². The predicted molar refractivity (Wildman–Crippen MR) is 236 cm³/mol. The molecule has 0 aliphatic carbocycles. The van der Waals surface area contributed by atoms with Crippen molar-refractivity contribution in [2.24, 2.45) is 11.8 Å². The molecule has 4 fully saturated rings. The molecule has 4 saturated heterocycles. The summed E-state index contributed by atoms with van der Waals surface area (Å²) in [6.45, 7) is 3.57. The summed E-state index contributed by atoms with van der Waals surface area (Å²) in [6, 6.07) is 16.9. The number of hydrogen-bond donors (Lipinski definition) is 5. The predicted octanol–water partition coefficient (Wildman–Crippen LogP) is 6.10. The largest absolute Gasteiger partial charge is 0.453 e. The summed E-state index contributed by atoms with van der Waals surface area (Å²) in [6.07, 6.45) is 7.79. The van der Waals surface area contributed by atoms with Gasteiger partial charge < -0.3 is 49.6 Å². The molecule has 4 aliphatic heterocycles. The number of aliphatic hydroxyl groups excluding tert-OH is 1. The lowest BCUT2D eigenvalue weighted by Gasteiger charge is -2.39. The van der Waals surface area contributed by atoms with Gasteiger partial charge in [0.2, 0.25) is 5.91 Å². The lowest BCUT2D eigenvalue weighted by molar-refractivity contribution is -0.136. The van der Waals surface area contributed by atoms with E-state index >= 15 is 0 Å². The minimum Gasteiger partial charge on any atom is -0.453 e. The van der Waals surface area contributed by atoms with Crippen molar-refractivity contribution < 1.29 is 38.4 Å². The molecule has 2 aromatic carbocycles. The number of rotatable bonds is 12. The Morgan fingerprint density at radius 2 is 1.31 bits per heavy atom. The Hall–Kier alpha value is -5.88. The number of aliphatic hydroxyl groups is 1. The number of amides is 3. The van der Waals surface area contributed by atoms with Crippen LogP contribution in [0.5, 0.6) is 0 Å². The van der Waals surface area contributed by atoms with Crippen molar-refractivity contribution in [2.75, 3.05) is 53.7 Å². The third kappa shape index (κ3) is 9.20. The molecule has 4 aliphatic rings. The number of carbonyl (C=O) groups excluding carboxylic acids is 3. The average molecular weight is 876 g/mol. The molecule has 0 saturated carbocycles. The fourth-order valence-corrected chi connectivity index (χ4v) is 10.0. The molecule has 9 rings (SSSR count). The Morgan fingerprint density at radius 3 is 2.02 bits per heavy atom. The van der Waals surface area contributed by atoms with E-state index in [-0.39, 0.29) is 29.8 Å². The second-order valence-corrected chi connectivity index (χ2v) is 17.2. The number of hydrogen-bond acceptors (Lipinski definition) is 12. The van der Waals surface area contributed by atoms with E-state index in [0.29, 0.717) is 52.4 Å².